The summed E-state index contributed by atoms with van der Waals surface area (Å²) in [4.78, 5) is 0. The Labute approximate surface area is 133 Å². The largest absolute Gasteiger partial charge is 0.495 e. The number of nitrogens with one attached hydrogen (secondary N) is 1. The molecular weight excluding hydrogens is 370 g/mol. The van der Waals surface area contributed by atoms with E-state index in [1.54, 1.807) is 7.11 Å². The van der Waals surface area contributed by atoms with Gasteiger partial charge in [0, 0.05) is 22.6 Å². The summed E-state index contributed by atoms with van der Waals surface area (Å²) >= 11 is 7.05. The minimum absolute atomic E-state index is 0.518. The van der Waals surface area contributed by atoms with Crippen LogP contribution in [0.25, 0.3) is 0 Å². The summed E-state index contributed by atoms with van der Waals surface area (Å²) in [5.74, 6) is 1.67. The molecule has 19 heavy (non-hydrogen) atoms. The van der Waals surface area contributed by atoms with E-state index in [-0.39, 0.29) is 0 Å². The van der Waals surface area contributed by atoms with Crippen molar-refractivity contribution in [3.8, 4) is 5.75 Å². The highest BCUT2D eigenvalue weighted by molar-refractivity contribution is 9.11. The summed E-state index contributed by atoms with van der Waals surface area (Å²) in [6.07, 6.45) is 2.46. The van der Waals surface area contributed by atoms with Crippen molar-refractivity contribution in [1.29, 1.82) is 0 Å². The van der Waals surface area contributed by atoms with Gasteiger partial charge >= 0.3 is 0 Å². The summed E-state index contributed by atoms with van der Waals surface area (Å²) in [6, 6.07) is 4.63. The van der Waals surface area contributed by atoms with Crippen molar-refractivity contribution in [2.24, 2.45) is 5.92 Å². The number of hydrogen-bond acceptors (Lipinski definition) is 2. The van der Waals surface area contributed by atoms with Crippen LogP contribution in [-0.2, 0) is 6.54 Å². The first kappa shape index (κ1) is 17.0. The second-order valence-corrected chi connectivity index (χ2v) is 7.10. The fourth-order valence-corrected chi connectivity index (χ4v) is 3.42. The first-order chi connectivity index (χ1) is 8.93. The topological polar surface area (TPSA) is 21.3 Å². The van der Waals surface area contributed by atoms with Crippen molar-refractivity contribution in [2.45, 2.75) is 46.2 Å². The molecule has 0 radical (unpaired) electrons. The molecule has 0 spiro atoms. The summed E-state index contributed by atoms with van der Waals surface area (Å²) in [5.41, 5.74) is 1.17. The van der Waals surface area contributed by atoms with Crippen LogP contribution >= 0.6 is 31.9 Å². The summed E-state index contributed by atoms with van der Waals surface area (Å²) in [6.45, 7) is 7.59. The molecule has 0 aromatic heterocycles. The highest BCUT2D eigenvalue weighted by Gasteiger charge is 2.10. The molecule has 2 nitrogen and oxygen atoms in total. The highest BCUT2D eigenvalue weighted by atomic mass is 79.9. The monoisotopic (exact) mass is 391 g/mol. The Kier molecular flexibility index (Phi) is 7.40. The second kappa shape index (κ2) is 8.28. The van der Waals surface area contributed by atoms with Crippen molar-refractivity contribution in [2.75, 3.05) is 7.11 Å². The lowest BCUT2D eigenvalue weighted by molar-refractivity contribution is 0.399. The van der Waals surface area contributed by atoms with Crippen LogP contribution in [0.4, 0.5) is 0 Å². The molecule has 0 bridgehead atoms. The predicted molar refractivity (Wildman–Crippen MR) is 88.8 cm³/mol. The van der Waals surface area contributed by atoms with E-state index in [0.29, 0.717) is 6.04 Å². The average molecular weight is 393 g/mol. The molecular formula is C15H23Br2NO. The number of hydrogen-bond donors (Lipinski definition) is 1. The molecule has 0 amide bonds. The maximum Gasteiger partial charge on any atom is 0.137 e. The van der Waals surface area contributed by atoms with Crippen LogP contribution in [0.1, 0.15) is 39.2 Å². The van der Waals surface area contributed by atoms with Crippen LogP contribution in [0.15, 0.2) is 21.1 Å². The molecule has 1 rings (SSSR count). The third-order valence-corrected chi connectivity index (χ3v) is 4.15. The predicted octanol–water partition coefficient (Wildman–Crippen LogP) is 5.13. The van der Waals surface area contributed by atoms with Crippen LogP contribution in [0.2, 0.25) is 0 Å². The Bertz CT molecular complexity index is 407. The average Bonchev–Trinajstić information content (AvgIpc) is 2.33. The van der Waals surface area contributed by atoms with Crippen LogP contribution < -0.4 is 10.1 Å². The molecule has 0 heterocycles. The summed E-state index contributed by atoms with van der Waals surface area (Å²) in [5, 5.41) is 3.56. The molecule has 0 saturated heterocycles. The van der Waals surface area contributed by atoms with E-state index in [9.17, 15) is 0 Å². The molecule has 1 aromatic rings. The van der Waals surface area contributed by atoms with Crippen molar-refractivity contribution in [1.82, 2.24) is 5.32 Å². The van der Waals surface area contributed by atoms with Gasteiger partial charge in [0.15, 0.2) is 0 Å². The standard InChI is InChI=1S/C15H23Br2NO/c1-10(2)5-6-11(3)18-9-12-7-13(16)8-14(17)15(12)19-4/h7-8,10-11,18H,5-6,9H2,1-4H3. The molecule has 1 aromatic carbocycles. The molecule has 108 valence electrons. The zero-order valence-electron chi connectivity index (χ0n) is 12.1. The van der Waals surface area contributed by atoms with E-state index in [0.717, 1.165) is 27.2 Å². The van der Waals surface area contributed by atoms with Gasteiger partial charge in [-0.1, -0.05) is 29.8 Å². The van der Waals surface area contributed by atoms with E-state index in [2.05, 4.69) is 64.0 Å². The molecule has 0 aliphatic carbocycles. The van der Waals surface area contributed by atoms with E-state index in [1.165, 1.54) is 18.4 Å². The van der Waals surface area contributed by atoms with Gasteiger partial charge in [0.25, 0.3) is 0 Å². The Morgan fingerprint density at radius 1 is 1.16 bits per heavy atom. The highest BCUT2D eigenvalue weighted by Crippen LogP contribution is 2.32. The van der Waals surface area contributed by atoms with Crippen molar-refractivity contribution >= 4 is 31.9 Å². The second-order valence-electron chi connectivity index (χ2n) is 5.33. The quantitative estimate of drug-likeness (QED) is 0.693. The lowest BCUT2D eigenvalue weighted by Gasteiger charge is -2.17. The molecule has 0 aliphatic heterocycles. The van der Waals surface area contributed by atoms with Gasteiger partial charge in [-0.3, -0.25) is 0 Å². The smallest absolute Gasteiger partial charge is 0.137 e. The van der Waals surface area contributed by atoms with E-state index < -0.39 is 0 Å². The molecule has 1 N–H and O–H groups in total. The molecule has 1 atom stereocenters. The van der Waals surface area contributed by atoms with Crippen molar-refractivity contribution < 1.29 is 4.74 Å². The fraction of sp³-hybridized carbons (Fsp3) is 0.600. The maximum atomic E-state index is 5.45. The van der Waals surface area contributed by atoms with Crippen LogP contribution in [0.3, 0.4) is 0 Å². The number of ether oxygens (including phenoxy) is 1. The van der Waals surface area contributed by atoms with Gasteiger partial charge in [-0.2, -0.15) is 0 Å². The third-order valence-electron chi connectivity index (χ3n) is 3.11. The van der Waals surface area contributed by atoms with E-state index in [4.69, 9.17) is 4.74 Å². The number of rotatable bonds is 7. The Hall–Kier alpha value is -0.0600. The zero-order valence-corrected chi connectivity index (χ0v) is 15.3. The lowest BCUT2D eigenvalue weighted by atomic mass is 10.0. The molecule has 4 heteroatoms. The number of benzene rings is 1. The molecule has 0 fully saturated rings. The van der Waals surface area contributed by atoms with Gasteiger partial charge in [-0.05, 0) is 53.7 Å². The number of halogens is 2. The summed E-state index contributed by atoms with van der Waals surface area (Å²) < 4.78 is 7.50. The van der Waals surface area contributed by atoms with Gasteiger partial charge < -0.3 is 10.1 Å². The fourth-order valence-electron chi connectivity index (χ4n) is 1.94. The molecule has 0 saturated carbocycles. The minimum atomic E-state index is 0.518. The van der Waals surface area contributed by atoms with Gasteiger partial charge in [0.05, 0.1) is 11.6 Å². The summed E-state index contributed by atoms with van der Waals surface area (Å²) in [7, 11) is 1.71. The van der Waals surface area contributed by atoms with Crippen molar-refractivity contribution in [3.63, 3.8) is 0 Å². The van der Waals surface area contributed by atoms with Gasteiger partial charge in [0.2, 0.25) is 0 Å². The first-order valence-corrected chi connectivity index (χ1v) is 8.28. The maximum absolute atomic E-state index is 5.45. The van der Waals surface area contributed by atoms with Crippen LogP contribution in [-0.4, -0.2) is 13.2 Å². The SMILES string of the molecule is COc1c(Br)cc(Br)cc1CNC(C)CCC(C)C. The normalized spacial score (nSPS) is 12.8. The Balaban J connectivity index is 2.62. The van der Waals surface area contributed by atoms with Gasteiger partial charge in [0.1, 0.15) is 5.75 Å². The number of methoxy groups -OCH3 is 1. The van der Waals surface area contributed by atoms with Crippen LogP contribution in [0, 0.1) is 5.92 Å². The van der Waals surface area contributed by atoms with Gasteiger partial charge in [-0.25, -0.2) is 0 Å². The van der Waals surface area contributed by atoms with Gasteiger partial charge in [-0.15, -0.1) is 0 Å². The van der Waals surface area contributed by atoms with E-state index >= 15 is 0 Å². The molecule has 0 aliphatic rings. The minimum Gasteiger partial charge on any atom is -0.495 e. The Morgan fingerprint density at radius 3 is 2.42 bits per heavy atom. The lowest BCUT2D eigenvalue weighted by Crippen LogP contribution is -2.26. The molecule has 1 unspecified atom stereocenters. The Morgan fingerprint density at radius 2 is 1.84 bits per heavy atom. The van der Waals surface area contributed by atoms with Crippen LogP contribution in [0.5, 0.6) is 5.75 Å². The first-order valence-electron chi connectivity index (χ1n) is 6.69. The van der Waals surface area contributed by atoms with E-state index in [1.807, 2.05) is 6.07 Å². The third kappa shape index (κ3) is 5.84. The zero-order chi connectivity index (χ0) is 14.4. The van der Waals surface area contributed by atoms with Crippen molar-refractivity contribution in [3.05, 3.63) is 26.6 Å².